The summed E-state index contributed by atoms with van der Waals surface area (Å²) in [6.45, 7) is 0. The number of hydrogen-bond acceptors (Lipinski definition) is 5. The number of rotatable bonds is 3. The van der Waals surface area contributed by atoms with Crippen molar-refractivity contribution < 1.29 is 14.5 Å². The molecule has 0 aromatic heterocycles. The normalized spacial score (nSPS) is 29.1. The minimum Gasteiger partial charge on any atom is -0.468 e. The fourth-order valence-electron chi connectivity index (χ4n) is 2.36. The van der Waals surface area contributed by atoms with Crippen LogP contribution in [0, 0.1) is 26.9 Å². The van der Waals surface area contributed by atoms with Crippen molar-refractivity contribution >= 4 is 5.97 Å². The summed E-state index contributed by atoms with van der Waals surface area (Å²) < 4.78 is 4.53. The molecule has 0 aliphatic heterocycles. The summed E-state index contributed by atoms with van der Waals surface area (Å²) >= 11 is 0. The van der Waals surface area contributed by atoms with E-state index in [1.54, 1.807) is 36.4 Å². The molecule has 6 nitrogen and oxygen atoms in total. The molecule has 0 amide bonds. The number of methoxy groups -OCH3 is 1. The fourth-order valence-corrected chi connectivity index (χ4v) is 2.36. The average Bonchev–Trinajstić information content (AvgIpc) is 3.09. The lowest BCUT2D eigenvalue weighted by molar-refractivity contribution is -0.501. The van der Waals surface area contributed by atoms with E-state index >= 15 is 0 Å². The minimum absolute atomic E-state index is 0.586. The van der Waals surface area contributed by atoms with Crippen LogP contribution in [-0.2, 0) is 9.53 Å². The number of hydrogen-bond donors (Lipinski definition) is 0. The van der Waals surface area contributed by atoms with E-state index in [0.29, 0.717) is 5.56 Å². The van der Waals surface area contributed by atoms with Gasteiger partial charge < -0.3 is 4.74 Å². The first-order valence-corrected chi connectivity index (χ1v) is 5.27. The van der Waals surface area contributed by atoms with Crippen LogP contribution in [0.4, 0.5) is 0 Å². The maximum absolute atomic E-state index is 11.7. The van der Waals surface area contributed by atoms with Gasteiger partial charge in [-0.15, -0.1) is 0 Å². The van der Waals surface area contributed by atoms with Gasteiger partial charge >= 0.3 is 5.97 Å². The number of nitro groups is 1. The van der Waals surface area contributed by atoms with E-state index in [2.05, 4.69) is 4.74 Å². The fraction of sp³-hybridized carbons (Fsp3) is 0.333. The van der Waals surface area contributed by atoms with Crippen LogP contribution in [0.1, 0.15) is 11.5 Å². The van der Waals surface area contributed by atoms with Crippen molar-refractivity contribution in [2.24, 2.45) is 5.41 Å². The Morgan fingerprint density at radius 1 is 1.50 bits per heavy atom. The van der Waals surface area contributed by atoms with Crippen LogP contribution in [-0.4, -0.2) is 24.0 Å². The standard InChI is InChI=1S/C12H10N2O4/c1-18-11(15)12(7-13)9(10(12)14(16)17)8-5-3-2-4-6-8/h2-6,9-10H,1H3/t9-,10-,12-/m1/s1. The van der Waals surface area contributed by atoms with Gasteiger partial charge in [0.05, 0.1) is 19.1 Å². The van der Waals surface area contributed by atoms with Crippen LogP contribution in [0.5, 0.6) is 0 Å². The van der Waals surface area contributed by atoms with Gasteiger partial charge in [-0.3, -0.25) is 14.9 Å². The predicted molar refractivity (Wildman–Crippen MR) is 60.0 cm³/mol. The molecule has 2 rings (SSSR count). The maximum atomic E-state index is 11.7. The van der Waals surface area contributed by atoms with Gasteiger partial charge in [0.2, 0.25) is 5.41 Å². The van der Waals surface area contributed by atoms with E-state index in [0.717, 1.165) is 7.11 Å². The lowest BCUT2D eigenvalue weighted by Crippen LogP contribution is -2.23. The Labute approximate surface area is 103 Å². The van der Waals surface area contributed by atoms with Crippen molar-refractivity contribution in [2.45, 2.75) is 12.0 Å². The minimum atomic E-state index is -1.69. The van der Waals surface area contributed by atoms with Crippen molar-refractivity contribution in [3.8, 4) is 6.07 Å². The number of carbonyl (C=O) groups excluding carboxylic acids is 1. The van der Waals surface area contributed by atoms with Crippen molar-refractivity contribution in [3.63, 3.8) is 0 Å². The third-order valence-corrected chi connectivity index (χ3v) is 3.26. The zero-order valence-electron chi connectivity index (χ0n) is 9.57. The molecular weight excluding hydrogens is 236 g/mol. The molecule has 1 aromatic rings. The highest BCUT2D eigenvalue weighted by Crippen LogP contribution is 2.61. The quantitative estimate of drug-likeness (QED) is 0.452. The zero-order valence-corrected chi connectivity index (χ0v) is 9.57. The number of esters is 1. The van der Waals surface area contributed by atoms with Crippen LogP contribution in [0.2, 0.25) is 0 Å². The number of nitrogens with zero attached hydrogens (tertiary/aromatic N) is 2. The van der Waals surface area contributed by atoms with Crippen molar-refractivity contribution in [2.75, 3.05) is 7.11 Å². The summed E-state index contributed by atoms with van der Waals surface area (Å²) in [5, 5.41) is 20.1. The molecule has 1 aromatic carbocycles. The van der Waals surface area contributed by atoms with Gasteiger partial charge in [0, 0.05) is 4.92 Å². The molecule has 0 radical (unpaired) electrons. The van der Waals surface area contributed by atoms with Gasteiger partial charge in [-0.05, 0) is 5.56 Å². The highest BCUT2D eigenvalue weighted by atomic mass is 16.6. The summed E-state index contributed by atoms with van der Waals surface area (Å²) in [5.74, 6) is -1.59. The Kier molecular flexibility index (Phi) is 2.75. The molecule has 18 heavy (non-hydrogen) atoms. The third kappa shape index (κ3) is 1.44. The van der Waals surface area contributed by atoms with Gasteiger partial charge in [0.25, 0.3) is 6.04 Å². The number of nitriles is 1. The average molecular weight is 246 g/mol. The molecule has 6 heteroatoms. The molecule has 0 heterocycles. The number of benzene rings is 1. The Balaban J connectivity index is 2.45. The molecule has 1 aliphatic carbocycles. The number of carbonyl (C=O) groups is 1. The molecule has 92 valence electrons. The Bertz CT molecular complexity index is 537. The summed E-state index contributed by atoms with van der Waals surface area (Å²) in [5.41, 5.74) is -1.09. The highest BCUT2D eigenvalue weighted by Gasteiger charge is 2.81. The lowest BCUT2D eigenvalue weighted by atomic mass is 10.0. The molecular formula is C12H10N2O4. The van der Waals surface area contributed by atoms with E-state index in [4.69, 9.17) is 5.26 Å². The molecule has 0 bridgehead atoms. The highest BCUT2D eigenvalue weighted by molar-refractivity contribution is 5.87. The molecule has 0 unspecified atom stereocenters. The maximum Gasteiger partial charge on any atom is 0.334 e. The second-order valence-electron chi connectivity index (χ2n) is 4.09. The van der Waals surface area contributed by atoms with Gasteiger partial charge in [0.15, 0.2) is 0 Å². The van der Waals surface area contributed by atoms with Crippen LogP contribution in [0.3, 0.4) is 0 Å². The van der Waals surface area contributed by atoms with Crippen LogP contribution in [0.25, 0.3) is 0 Å². The zero-order chi connectivity index (χ0) is 13.3. The second-order valence-corrected chi connectivity index (χ2v) is 4.09. The largest absolute Gasteiger partial charge is 0.468 e. The SMILES string of the molecule is COC(=O)[C@]1(C#N)[C@H](c2ccccc2)[C@H]1[N+](=O)[O-]. The van der Waals surface area contributed by atoms with Crippen LogP contribution < -0.4 is 0 Å². The van der Waals surface area contributed by atoms with E-state index in [1.807, 2.05) is 0 Å². The second kappa shape index (κ2) is 4.11. The van der Waals surface area contributed by atoms with Crippen LogP contribution >= 0.6 is 0 Å². The van der Waals surface area contributed by atoms with Gasteiger partial charge in [-0.2, -0.15) is 5.26 Å². The van der Waals surface area contributed by atoms with Gasteiger partial charge in [0.1, 0.15) is 0 Å². The molecule has 1 saturated carbocycles. The van der Waals surface area contributed by atoms with Gasteiger partial charge in [-0.1, -0.05) is 30.3 Å². The molecule has 0 N–H and O–H groups in total. The van der Waals surface area contributed by atoms with E-state index < -0.39 is 28.3 Å². The van der Waals surface area contributed by atoms with Crippen molar-refractivity contribution in [1.29, 1.82) is 5.26 Å². The van der Waals surface area contributed by atoms with Gasteiger partial charge in [-0.25, -0.2) is 0 Å². The summed E-state index contributed by atoms with van der Waals surface area (Å²) in [6.07, 6.45) is 0. The smallest absolute Gasteiger partial charge is 0.334 e. The first kappa shape index (κ1) is 12.0. The van der Waals surface area contributed by atoms with E-state index in [9.17, 15) is 14.9 Å². The Hall–Kier alpha value is -2.42. The van der Waals surface area contributed by atoms with Crippen molar-refractivity contribution in [3.05, 3.63) is 46.0 Å². The molecule has 0 spiro atoms. The summed E-state index contributed by atoms with van der Waals surface area (Å²) in [6, 6.07) is 9.06. The van der Waals surface area contributed by atoms with E-state index in [1.165, 1.54) is 0 Å². The van der Waals surface area contributed by atoms with E-state index in [-0.39, 0.29) is 0 Å². The molecule has 1 aliphatic rings. The Morgan fingerprint density at radius 3 is 2.56 bits per heavy atom. The third-order valence-electron chi connectivity index (χ3n) is 3.26. The molecule has 0 saturated heterocycles. The summed E-state index contributed by atoms with van der Waals surface area (Å²) in [7, 11) is 1.12. The number of ether oxygens (including phenoxy) is 1. The Morgan fingerprint density at radius 2 is 2.11 bits per heavy atom. The first-order valence-electron chi connectivity index (χ1n) is 5.27. The van der Waals surface area contributed by atoms with Crippen molar-refractivity contribution in [1.82, 2.24) is 0 Å². The topological polar surface area (TPSA) is 93.2 Å². The molecule has 1 fully saturated rings. The summed E-state index contributed by atoms with van der Waals surface area (Å²) in [4.78, 5) is 22.1. The predicted octanol–water partition coefficient (Wildman–Crippen LogP) is 1.11. The first-order chi connectivity index (χ1) is 8.59. The lowest BCUT2D eigenvalue weighted by Gasteiger charge is -2.03. The van der Waals surface area contributed by atoms with Crippen LogP contribution in [0.15, 0.2) is 30.3 Å². The molecule has 3 atom stereocenters. The monoisotopic (exact) mass is 246 g/mol.